The van der Waals surface area contributed by atoms with Gasteiger partial charge in [0.1, 0.15) is 29.7 Å². The van der Waals surface area contributed by atoms with Crippen LogP contribution in [-0.2, 0) is 4.74 Å². The summed E-state index contributed by atoms with van der Waals surface area (Å²) >= 11 is 0. The number of aliphatic hydroxyl groups is 3. The van der Waals surface area contributed by atoms with E-state index in [1.165, 1.54) is 19.6 Å². The molecule has 3 heterocycles. The summed E-state index contributed by atoms with van der Waals surface area (Å²) in [6, 6.07) is -0.649. The van der Waals surface area contributed by atoms with Crippen molar-refractivity contribution in [3.63, 3.8) is 0 Å². The Labute approximate surface area is 126 Å². The van der Waals surface area contributed by atoms with E-state index in [9.17, 15) is 15.3 Å². The molecule has 0 aliphatic carbocycles. The molecule has 0 amide bonds. The highest BCUT2D eigenvalue weighted by molar-refractivity contribution is 5.81. The lowest BCUT2D eigenvalue weighted by Gasteiger charge is -2.48. The van der Waals surface area contributed by atoms with Crippen molar-refractivity contribution in [1.29, 1.82) is 0 Å². The molecule has 1 aliphatic heterocycles. The monoisotopic (exact) mass is 309 g/mol. The Bertz CT molecular complexity index is 688. The summed E-state index contributed by atoms with van der Waals surface area (Å²) in [5.41, 5.74) is 5.09. The van der Waals surface area contributed by atoms with Crippen molar-refractivity contribution in [2.75, 3.05) is 12.3 Å². The van der Waals surface area contributed by atoms with Crippen LogP contribution in [0.2, 0.25) is 0 Å². The first-order valence-corrected chi connectivity index (χ1v) is 6.97. The third-order valence-corrected chi connectivity index (χ3v) is 4.25. The number of imidazole rings is 1. The summed E-state index contributed by atoms with van der Waals surface area (Å²) in [4.78, 5) is 12.2. The highest BCUT2D eigenvalue weighted by atomic mass is 16.5. The van der Waals surface area contributed by atoms with E-state index in [4.69, 9.17) is 10.5 Å². The molecule has 1 fully saturated rings. The predicted octanol–water partition coefficient (Wildman–Crippen LogP) is -1.16. The summed E-state index contributed by atoms with van der Waals surface area (Å²) < 4.78 is 7.24. The molecule has 5 atom stereocenters. The number of anilines is 1. The second-order valence-electron chi connectivity index (χ2n) is 5.76. The van der Waals surface area contributed by atoms with E-state index in [0.717, 1.165) is 0 Å². The maximum absolute atomic E-state index is 10.8. The van der Waals surface area contributed by atoms with Crippen LogP contribution in [0.3, 0.4) is 0 Å². The van der Waals surface area contributed by atoms with Gasteiger partial charge in [0, 0.05) is 0 Å². The second-order valence-corrected chi connectivity index (χ2v) is 5.76. The van der Waals surface area contributed by atoms with E-state index in [2.05, 4.69) is 15.0 Å². The summed E-state index contributed by atoms with van der Waals surface area (Å²) in [6.07, 6.45) is 0.210. The molecule has 1 aliphatic rings. The molecule has 9 nitrogen and oxygen atoms in total. The third kappa shape index (κ3) is 2.05. The second kappa shape index (κ2) is 5.13. The zero-order valence-electron chi connectivity index (χ0n) is 12.3. The van der Waals surface area contributed by atoms with Crippen LogP contribution < -0.4 is 5.73 Å². The number of aliphatic hydroxyl groups excluding tert-OH is 2. The first kappa shape index (κ1) is 15.1. The molecule has 3 rings (SSSR count). The van der Waals surface area contributed by atoms with E-state index < -0.39 is 30.0 Å². The van der Waals surface area contributed by atoms with Gasteiger partial charge in [-0.15, -0.1) is 0 Å². The quantitative estimate of drug-likeness (QED) is 0.545. The van der Waals surface area contributed by atoms with Gasteiger partial charge in [-0.25, -0.2) is 15.0 Å². The van der Waals surface area contributed by atoms with E-state index in [1.807, 2.05) is 0 Å². The fourth-order valence-electron chi connectivity index (χ4n) is 3.18. The van der Waals surface area contributed by atoms with Gasteiger partial charge in [-0.3, -0.25) is 0 Å². The predicted molar refractivity (Wildman–Crippen MR) is 76.8 cm³/mol. The number of aromatic nitrogens is 4. The molecular weight excluding hydrogens is 290 g/mol. The van der Waals surface area contributed by atoms with E-state index in [0.29, 0.717) is 11.2 Å². The van der Waals surface area contributed by atoms with E-state index in [-0.39, 0.29) is 12.4 Å². The highest BCUT2D eigenvalue weighted by Gasteiger charge is 2.52. The molecule has 1 saturated heterocycles. The van der Waals surface area contributed by atoms with Crippen molar-refractivity contribution >= 4 is 17.0 Å². The van der Waals surface area contributed by atoms with Crippen LogP contribution in [0.1, 0.15) is 19.9 Å². The number of nitrogens with two attached hydrogens (primary N) is 1. The van der Waals surface area contributed by atoms with Crippen LogP contribution in [-0.4, -0.2) is 65.4 Å². The number of ether oxygens (including phenoxy) is 1. The molecule has 2 aromatic heterocycles. The first-order chi connectivity index (χ1) is 10.4. The van der Waals surface area contributed by atoms with Gasteiger partial charge in [0.2, 0.25) is 0 Å². The molecule has 0 radical (unpaired) electrons. The average Bonchev–Trinajstić information content (AvgIpc) is 2.88. The normalized spacial score (nSPS) is 35.9. The third-order valence-electron chi connectivity index (χ3n) is 4.25. The average molecular weight is 309 g/mol. The van der Waals surface area contributed by atoms with E-state index in [1.54, 1.807) is 11.5 Å². The molecule has 2 aromatic rings. The van der Waals surface area contributed by atoms with Crippen LogP contribution >= 0.6 is 0 Å². The Morgan fingerprint density at radius 2 is 2.14 bits per heavy atom. The number of hydrogen-bond acceptors (Lipinski definition) is 8. The maximum Gasteiger partial charge on any atom is 0.165 e. The molecule has 0 aromatic carbocycles. The summed E-state index contributed by atoms with van der Waals surface area (Å²) in [6.45, 7) is 2.87. The van der Waals surface area contributed by atoms with Crippen LogP contribution in [0, 0.1) is 0 Å². The summed E-state index contributed by atoms with van der Waals surface area (Å²) in [7, 11) is 0. The van der Waals surface area contributed by atoms with E-state index >= 15 is 0 Å². The molecule has 22 heavy (non-hydrogen) atoms. The van der Waals surface area contributed by atoms with Crippen molar-refractivity contribution in [2.45, 2.75) is 43.8 Å². The molecular formula is C13H19N5O4. The fourth-order valence-corrected chi connectivity index (χ4v) is 3.18. The number of nitrogen functional groups attached to an aromatic ring is 1. The largest absolute Gasteiger partial charge is 0.394 e. The minimum Gasteiger partial charge on any atom is -0.394 e. The first-order valence-electron chi connectivity index (χ1n) is 6.97. The molecule has 0 saturated carbocycles. The number of fused-ring (bicyclic) bond motifs is 1. The minimum absolute atomic E-state index is 0.238. The molecule has 3 unspecified atom stereocenters. The minimum atomic E-state index is -1.54. The van der Waals surface area contributed by atoms with Crippen molar-refractivity contribution in [3.05, 3.63) is 12.7 Å². The van der Waals surface area contributed by atoms with Gasteiger partial charge < -0.3 is 30.4 Å². The molecule has 120 valence electrons. The zero-order valence-corrected chi connectivity index (χ0v) is 12.3. The van der Waals surface area contributed by atoms with Gasteiger partial charge in [0.15, 0.2) is 11.5 Å². The fraction of sp³-hybridized carbons (Fsp3) is 0.615. The van der Waals surface area contributed by atoms with Crippen LogP contribution in [0.25, 0.3) is 11.2 Å². The Kier molecular flexibility index (Phi) is 3.52. The van der Waals surface area contributed by atoms with Gasteiger partial charge in [-0.1, -0.05) is 0 Å². The lowest BCUT2D eigenvalue weighted by atomic mass is 9.81. The Morgan fingerprint density at radius 1 is 1.41 bits per heavy atom. The number of nitrogens with zero attached hydrogens (tertiary/aromatic N) is 4. The van der Waals surface area contributed by atoms with Gasteiger partial charge in [-0.05, 0) is 13.8 Å². The van der Waals surface area contributed by atoms with Gasteiger partial charge in [0.05, 0.1) is 25.1 Å². The lowest BCUT2D eigenvalue weighted by molar-refractivity contribution is -0.238. The molecule has 5 N–H and O–H groups in total. The summed E-state index contributed by atoms with van der Waals surface area (Å²) in [5.74, 6) is 0.238. The van der Waals surface area contributed by atoms with Crippen molar-refractivity contribution < 1.29 is 20.1 Å². The van der Waals surface area contributed by atoms with Gasteiger partial charge in [0.25, 0.3) is 0 Å². The molecule has 0 bridgehead atoms. The van der Waals surface area contributed by atoms with Crippen LogP contribution in [0.5, 0.6) is 0 Å². The lowest BCUT2D eigenvalue weighted by Crippen LogP contribution is -2.62. The van der Waals surface area contributed by atoms with Crippen LogP contribution in [0.15, 0.2) is 12.7 Å². The molecule has 9 heteroatoms. The maximum atomic E-state index is 10.8. The standard InChI is InChI=1S/C13H19N5O4/c1-6-9(13(2,21)10(20)7(3-19)22-6)18-5-17-8-11(14)15-4-16-12(8)18/h4-7,9-10,19-21H,3H2,1-2H3,(H2,14,15,16)/t6?,7?,9?,10-,13-/m1/s1. The highest BCUT2D eigenvalue weighted by Crippen LogP contribution is 2.39. The number of rotatable bonds is 2. The Hall–Kier alpha value is -1.81. The van der Waals surface area contributed by atoms with Crippen LogP contribution in [0.4, 0.5) is 5.82 Å². The summed E-state index contributed by atoms with van der Waals surface area (Å²) in [5, 5.41) is 30.4. The van der Waals surface area contributed by atoms with Crippen molar-refractivity contribution in [2.24, 2.45) is 0 Å². The van der Waals surface area contributed by atoms with Crippen molar-refractivity contribution in [3.8, 4) is 0 Å². The molecule has 0 spiro atoms. The SMILES string of the molecule is CC1OC(CO)[C@@H](O)[C@](C)(O)C1n1cnc2c(N)ncnc21. The van der Waals surface area contributed by atoms with Gasteiger partial charge in [-0.2, -0.15) is 0 Å². The zero-order chi connectivity index (χ0) is 16.1. The van der Waals surface area contributed by atoms with Gasteiger partial charge >= 0.3 is 0 Å². The smallest absolute Gasteiger partial charge is 0.165 e. The topological polar surface area (TPSA) is 140 Å². The Balaban J connectivity index is 2.11. The Morgan fingerprint density at radius 3 is 2.82 bits per heavy atom. The number of hydrogen-bond donors (Lipinski definition) is 4. The van der Waals surface area contributed by atoms with Crippen molar-refractivity contribution in [1.82, 2.24) is 19.5 Å².